The van der Waals surface area contributed by atoms with Crippen molar-refractivity contribution < 1.29 is 29.5 Å². The average molecular weight is 374 g/mol. The number of ketones is 2. The van der Waals surface area contributed by atoms with Crippen LogP contribution in [0.2, 0.25) is 0 Å². The van der Waals surface area contributed by atoms with Crippen molar-refractivity contribution in [2.75, 3.05) is 0 Å². The zero-order valence-corrected chi connectivity index (χ0v) is 14.8. The number of hydrogen-bond acceptors (Lipinski definition) is 4. The summed E-state index contributed by atoms with van der Waals surface area (Å²) in [7, 11) is 0. The third kappa shape index (κ3) is 4.98. The topological polar surface area (TPSA) is 82.4 Å². The Balaban J connectivity index is 1.62. The first-order valence-corrected chi connectivity index (χ1v) is 8.47. The van der Waals surface area contributed by atoms with Crippen LogP contribution in [0.1, 0.15) is 31.8 Å². The maximum absolute atomic E-state index is 12.1. The first kappa shape index (κ1) is 18.7. The summed E-state index contributed by atoms with van der Waals surface area (Å²) in [5.74, 6) is -0.329. The highest BCUT2D eigenvalue weighted by molar-refractivity contribution is 6.07. The Morgan fingerprint density at radius 2 is 0.929 bits per heavy atom. The quantitative estimate of drug-likeness (QED) is 0.301. The van der Waals surface area contributed by atoms with Crippen LogP contribution in [0.4, 0.5) is 0 Å². The van der Waals surface area contributed by atoms with Gasteiger partial charge < -0.3 is 0 Å². The van der Waals surface area contributed by atoms with E-state index in [1.165, 1.54) is 61.2 Å². The van der Waals surface area contributed by atoms with Gasteiger partial charge in [0.25, 0.3) is 0 Å². The monoisotopic (exact) mass is 374 g/mol. The summed E-state index contributed by atoms with van der Waals surface area (Å²) in [4.78, 5) is 24.2. The molecule has 0 atom stereocenters. The number of allylic oxidation sites excluding steroid dienone is 2. The second-order valence-corrected chi connectivity index (χ2v) is 6.00. The Morgan fingerprint density at radius 3 is 1.25 bits per heavy atom. The average Bonchev–Trinajstić information content (AvgIpc) is 2.72. The summed E-state index contributed by atoms with van der Waals surface area (Å²) in [6.45, 7) is 0. The molecule has 0 radical (unpaired) electrons. The van der Waals surface area contributed by atoms with Crippen LogP contribution in [0, 0.1) is 0 Å². The smallest absolute Gasteiger partial charge is 0.223 e. The predicted octanol–water partition coefficient (Wildman–Crippen LogP) is 2.53. The lowest BCUT2D eigenvalue weighted by Crippen LogP contribution is -2.28. The van der Waals surface area contributed by atoms with Crippen molar-refractivity contribution in [1.29, 1.82) is 0 Å². The summed E-state index contributed by atoms with van der Waals surface area (Å²) < 4.78 is 1.75. The molecule has 2 aromatic heterocycles. The number of hydrogen-bond donors (Lipinski definition) is 2. The van der Waals surface area contributed by atoms with Gasteiger partial charge in [0.2, 0.25) is 24.8 Å². The fourth-order valence-electron chi connectivity index (χ4n) is 2.42. The van der Waals surface area contributed by atoms with Crippen LogP contribution in [0.5, 0.6) is 0 Å². The predicted molar refractivity (Wildman–Crippen MR) is 101 cm³/mol. The van der Waals surface area contributed by atoms with Gasteiger partial charge in [-0.1, -0.05) is 36.4 Å². The molecular formula is C22H18N2O4+2. The number of carbonyl (C=O) groups is 2. The van der Waals surface area contributed by atoms with E-state index in [1.54, 1.807) is 12.2 Å². The van der Waals surface area contributed by atoms with Gasteiger partial charge in [-0.15, -0.1) is 0 Å². The SMILES string of the molecule is O=C(C=Cc1ccc(C=CC(=O)c2cc[n+](O)cc2)cc1)c1cc[n+](O)cc1. The lowest BCUT2D eigenvalue weighted by Gasteiger charge is -1.97. The van der Waals surface area contributed by atoms with Gasteiger partial charge in [0, 0.05) is 44.9 Å². The summed E-state index contributed by atoms with van der Waals surface area (Å²) in [6, 6.07) is 13.5. The number of aromatic nitrogens is 2. The second kappa shape index (κ2) is 8.55. The minimum Gasteiger partial charge on any atom is -0.289 e. The Kier molecular flexibility index (Phi) is 5.72. The van der Waals surface area contributed by atoms with E-state index in [1.807, 2.05) is 24.3 Å². The van der Waals surface area contributed by atoms with Crippen LogP contribution in [0.25, 0.3) is 12.2 Å². The van der Waals surface area contributed by atoms with Crippen LogP contribution in [-0.4, -0.2) is 22.0 Å². The molecule has 2 N–H and O–H groups in total. The number of rotatable bonds is 6. The zero-order chi connectivity index (χ0) is 19.9. The Bertz CT molecular complexity index is 949. The van der Waals surface area contributed by atoms with Crippen LogP contribution in [0.3, 0.4) is 0 Å². The van der Waals surface area contributed by atoms with Crippen molar-refractivity contribution in [3.05, 3.63) is 108 Å². The molecule has 3 rings (SSSR count). The molecule has 0 saturated heterocycles. The van der Waals surface area contributed by atoms with E-state index >= 15 is 0 Å². The molecule has 28 heavy (non-hydrogen) atoms. The largest absolute Gasteiger partial charge is 0.289 e. The van der Waals surface area contributed by atoms with Crippen molar-refractivity contribution in [3.63, 3.8) is 0 Å². The minimum atomic E-state index is -0.165. The van der Waals surface area contributed by atoms with Crippen LogP contribution in [0.15, 0.2) is 85.5 Å². The molecule has 2 heterocycles. The minimum absolute atomic E-state index is 0.165. The first-order chi connectivity index (χ1) is 13.5. The van der Waals surface area contributed by atoms with Crippen molar-refractivity contribution in [3.8, 4) is 0 Å². The molecule has 6 nitrogen and oxygen atoms in total. The molecule has 0 unspecified atom stereocenters. The molecule has 0 amide bonds. The van der Waals surface area contributed by atoms with Crippen LogP contribution < -0.4 is 9.46 Å². The maximum atomic E-state index is 12.1. The summed E-state index contributed by atoms with van der Waals surface area (Å²) in [6.07, 6.45) is 11.9. The van der Waals surface area contributed by atoms with E-state index in [9.17, 15) is 20.0 Å². The van der Waals surface area contributed by atoms with E-state index in [4.69, 9.17) is 0 Å². The van der Waals surface area contributed by atoms with Gasteiger partial charge >= 0.3 is 0 Å². The number of nitrogens with zero attached hydrogens (tertiary/aromatic N) is 2. The third-order valence-electron chi connectivity index (χ3n) is 3.99. The van der Waals surface area contributed by atoms with Gasteiger partial charge in [0.15, 0.2) is 11.6 Å². The van der Waals surface area contributed by atoms with Crippen molar-refractivity contribution >= 4 is 23.7 Å². The van der Waals surface area contributed by atoms with Gasteiger partial charge in [-0.3, -0.25) is 20.0 Å². The van der Waals surface area contributed by atoms with E-state index in [0.717, 1.165) is 20.6 Å². The molecule has 3 aromatic rings. The highest BCUT2D eigenvalue weighted by atomic mass is 16.5. The van der Waals surface area contributed by atoms with E-state index in [0.29, 0.717) is 11.1 Å². The number of carbonyl (C=O) groups excluding carboxylic acids is 2. The van der Waals surface area contributed by atoms with Gasteiger partial charge in [-0.05, 0) is 23.3 Å². The standard InChI is InChI=1S/C22H18N2O4/c25-21(19-9-13-23(27)14-10-19)7-5-17-1-2-18(4-3-17)6-8-22(26)20-11-15-24(28)16-12-20/h1-16,27-28H/q+2. The molecular weight excluding hydrogens is 356 g/mol. The molecule has 6 heteroatoms. The Morgan fingerprint density at radius 1 is 0.607 bits per heavy atom. The first-order valence-electron chi connectivity index (χ1n) is 8.47. The van der Waals surface area contributed by atoms with Gasteiger partial charge in [-0.25, -0.2) is 0 Å². The Labute approximate surface area is 161 Å². The van der Waals surface area contributed by atoms with Crippen molar-refractivity contribution in [1.82, 2.24) is 0 Å². The third-order valence-corrected chi connectivity index (χ3v) is 3.99. The fourth-order valence-corrected chi connectivity index (χ4v) is 2.42. The highest BCUT2D eigenvalue weighted by Crippen LogP contribution is 2.10. The lowest BCUT2D eigenvalue weighted by atomic mass is 10.1. The molecule has 0 bridgehead atoms. The van der Waals surface area contributed by atoms with E-state index in [-0.39, 0.29) is 11.6 Å². The second-order valence-electron chi connectivity index (χ2n) is 6.00. The normalized spacial score (nSPS) is 11.1. The molecule has 0 aliphatic carbocycles. The molecule has 0 spiro atoms. The van der Waals surface area contributed by atoms with Crippen molar-refractivity contribution in [2.45, 2.75) is 0 Å². The zero-order valence-electron chi connectivity index (χ0n) is 14.8. The molecule has 0 saturated carbocycles. The van der Waals surface area contributed by atoms with Gasteiger partial charge in [0.05, 0.1) is 0 Å². The highest BCUT2D eigenvalue weighted by Gasteiger charge is 2.05. The molecule has 0 aliphatic heterocycles. The molecule has 0 aliphatic rings. The fraction of sp³-hybridized carbons (Fsp3) is 0. The Hall–Kier alpha value is -4.06. The van der Waals surface area contributed by atoms with E-state index in [2.05, 4.69) is 0 Å². The number of benzene rings is 1. The van der Waals surface area contributed by atoms with Crippen LogP contribution in [-0.2, 0) is 0 Å². The lowest BCUT2D eigenvalue weighted by molar-refractivity contribution is -0.904. The summed E-state index contributed by atoms with van der Waals surface area (Å²) >= 11 is 0. The van der Waals surface area contributed by atoms with Crippen molar-refractivity contribution in [2.24, 2.45) is 0 Å². The van der Waals surface area contributed by atoms with Gasteiger partial charge in [0.1, 0.15) is 0 Å². The molecule has 1 aromatic carbocycles. The maximum Gasteiger partial charge on any atom is 0.223 e. The van der Waals surface area contributed by atoms with Gasteiger partial charge in [-0.2, -0.15) is 0 Å². The van der Waals surface area contributed by atoms with E-state index < -0.39 is 0 Å². The van der Waals surface area contributed by atoms with Crippen LogP contribution >= 0.6 is 0 Å². The summed E-state index contributed by atoms with van der Waals surface area (Å²) in [5.41, 5.74) is 2.65. The molecule has 0 fully saturated rings. The number of pyridine rings is 2. The molecule has 138 valence electrons. The summed E-state index contributed by atoms with van der Waals surface area (Å²) in [5, 5.41) is 18.4.